The van der Waals surface area contributed by atoms with E-state index < -0.39 is 59.8 Å². The van der Waals surface area contributed by atoms with Gasteiger partial charge in [0.2, 0.25) is 11.8 Å². The number of methoxy groups -OCH3 is 2. The molecule has 4 amide bonds. The Hall–Kier alpha value is -5.25. The zero-order valence-corrected chi connectivity index (χ0v) is 29.5. The highest BCUT2D eigenvalue weighted by atomic mass is 16.5. The molecule has 3 rings (SSSR count). The van der Waals surface area contributed by atoms with Crippen molar-refractivity contribution in [3.05, 3.63) is 60.2 Å². The number of carbonyl (C=O) groups is 4. The Morgan fingerprint density at radius 3 is 2.08 bits per heavy atom. The van der Waals surface area contributed by atoms with Gasteiger partial charge < -0.3 is 41.2 Å². The third-order valence-corrected chi connectivity index (χ3v) is 8.26. The number of amides is 4. The van der Waals surface area contributed by atoms with Crippen molar-refractivity contribution >= 4 is 29.7 Å². The van der Waals surface area contributed by atoms with Gasteiger partial charge in [-0.05, 0) is 58.0 Å². The number of hydrogen-bond donors (Lipinski definition) is 7. The number of ether oxygens (including phenoxy) is 2. The van der Waals surface area contributed by atoms with Crippen molar-refractivity contribution in [1.82, 2.24) is 41.9 Å². The maximum atomic E-state index is 13.7. The number of rotatable bonds is 16. The van der Waals surface area contributed by atoms with Gasteiger partial charge in [-0.1, -0.05) is 71.4 Å². The number of H-pyrrole nitrogens is 1. The summed E-state index contributed by atoms with van der Waals surface area (Å²) >= 11 is 0. The molecule has 272 valence electrons. The average Bonchev–Trinajstić information content (AvgIpc) is 3.64. The third-order valence-electron chi connectivity index (χ3n) is 8.26. The topological polar surface area (TPSA) is 222 Å². The van der Waals surface area contributed by atoms with Crippen molar-refractivity contribution in [2.45, 2.75) is 84.3 Å². The molecular weight excluding hydrogens is 646 g/mol. The highest BCUT2D eigenvalue weighted by Crippen LogP contribution is 2.22. The van der Waals surface area contributed by atoms with Crippen LogP contribution in [-0.2, 0) is 25.5 Å². The molecule has 0 spiro atoms. The second-order valence-corrected chi connectivity index (χ2v) is 13.1. The van der Waals surface area contributed by atoms with E-state index in [4.69, 9.17) is 9.47 Å². The Labute approximate surface area is 291 Å². The van der Waals surface area contributed by atoms with Crippen molar-refractivity contribution < 1.29 is 33.8 Å². The average molecular weight is 696 g/mol. The van der Waals surface area contributed by atoms with Gasteiger partial charge in [0.25, 0.3) is 0 Å². The second-order valence-electron chi connectivity index (χ2n) is 13.1. The summed E-state index contributed by atoms with van der Waals surface area (Å²) in [6, 6.07) is 13.6. The summed E-state index contributed by atoms with van der Waals surface area (Å²) in [7, 11) is 2.42. The molecule has 16 heteroatoms. The zero-order valence-electron chi connectivity index (χ0n) is 29.5. The number of nitrogens with zero attached hydrogens (tertiary/aromatic N) is 3. The molecule has 0 bridgehead atoms. The number of nitrogens with one attached hydrogen (secondary N) is 6. The minimum Gasteiger partial charge on any atom is -0.453 e. The Morgan fingerprint density at radius 1 is 0.880 bits per heavy atom. The van der Waals surface area contributed by atoms with E-state index in [0.29, 0.717) is 17.9 Å². The zero-order chi connectivity index (χ0) is 36.8. The quantitative estimate of drug-likeness (QED) is 0.108. The maximum Gasteiger partial charge on any atom is 0.407 e. The standard InChI is InChI=1S/C34H49N9O7/c1-8-20(2)27(38-32(47)49-6)30(45)37-26(35-23-16-14-22(15-17-23)29-40-42-43-41-29)19-25(44)24(18-21-12-10-9-11-13-21)36-31(46)28(34(3,4)5)39-33(48)50-7/h9-17,20,24-28,35,44H,8,18-19H2,1-7H3,(H,36,46)(H,37,45)(H,38,47)(H,39,48)(H,40,41,42,43)/t20-,24-,25-,26?,27-,28+/m0/s1. The minimum absolute atomic E-state index is 0.0760. The molecule has 3 aromatic rings. The number of aliphatic hydroxyl groups excluding tert-OH is 1. The summed E-state index contributed by atoms with van der Waals surface area (Å²) in [5, 5.41) is 40.0. The largest absolute Gasteiger partial charge is 0.453 e. The highest BCUT2D eigenvalue weighted by Gasteiger charge is 2.36. The Balaban J connectivity index is 1.94. The molecule has 0 aliphatic heterocycles. The first-order valence-corrected chi connectivity index (χ1v) is 16.4. The summed E-state index contributed by atoms with van der Waals surface area (Å²) in [5.41, 5.74) is 1.46. The lowest BCUT2D eigenvalue weighted by Gasteiger charge is -2.34. The molecule has 0 fully saturated rings. The summed E-state index contributed by atoms with van der Waals surface area (Å²) in [4.78, 5) is 51.7. The Morgan fingerprint density at radius 2 is 1.52 bits per heavy atom. The summed E-state index contributed by atoms with van der Waals surface area (Å²) in [6.45, 7) is 9.11. The van der Waals surface area contributed by atoms with Crippen LogP contribution in [0.15, 0.2) is 54.6 Å². The van der Waals surface area contributed by atoms with E-state index in [1.807, 2.05) is 44.2 Å². The fraction of sp³-hybridized carbons (Fsp3) is 0.500. The number of aromatic amines is 1. The first kappa shape index (κ1) is 39.2. The van der Waals surface area contributed by atoms with Crippen molar-refractivity contribution in [2.75, 3.05) is 19.5 Å². The number of carbonyl (C=O) groups excluding carboxylic acids is 4. The molecule has 0 saturated carbocycles. The van der Waals surface area contributed by atoms with Gasteiger partial charge in [-0.25, -0.2) is 14.7 Å². The third kappa shape index (κ3) is 11.7. The molecule has 50 heavy (non-hydrogen) atoms. The van der Waals surface area contributed by atoms with Crippen LogP contribution in [0.4, 0.5) is 15.3 Å². The molecule has 1 heterocycles. The lowest BCUT2D eigenvalue weighted by Crippen LogP contribution is -2.59. The second kappa shape index (κ2) is 18.5. The lowest BCUT2D eigenvalue weighted by atomic mass is 9.85. The molecular formula is C34H49N9O7. The number of anilines is 1. The Kier molecular flexibility index (Phi) is 14.5. The van der Waals surface area contributed by atoms with Crippen LogP contribution in [0.2, 0.25) is 0 Å². The van der Waals surface area contributed by atoms with Crippen LogP contribution in [0, 0.1) is 11.3 Å². The van der Waals surface area contributed by atoms with Crippen LogP contribution in [0.3, 0.4) is 0 Å². The first-order chi connectivity index (χ1) is 23.7. The minimum atomic E-state index is -1.22. The van der Waals surface area contributed by atoms with Crippen LogP contribution in [0.5, 0.6) is 0 Å². The summed E-state index contributed by atoms with van der Waals surface area (Å²) in [6.07, 6.45) is -2.88. The fourth-order valence-corrected chi connectivity index (χ4v) is 5.19. The van der Waals surface area contributed by atoms with Gasteiger partial charge in [0.1, 0.15) is 18.2 Å². The predicted octanol–water partition coefficient (Wildman–Crippen LogP) is 2.74. The van der Waals surface area contributed by atoms with Gasteiger partial charge in [0.05, 0.1) is 26.4 Å². The molecule has 0 radical (unpaired) electrons. The molecule has 7 N–H and O–H groups in total. The maximum absolute atomic E-state index is 13.7. The van der Waals surface area contributed by atoms with Gasteiger partial charge in [-0.3, -0.25) is 9.59 Å². The van der Waals surface area contributed by atoms with E-state index in [-0.39, 0.29) is 18.8 Å². The van der Waals surface area contributed by atoms with Crippen LogP contribution in [-0.4, -0.2) is 94.3 Å². The SMILES string of the molecule is CC[C@H](C)[C@H](NC(=O)OC)C(=O)NC(C[C@H](O)[C@H](Cc1ccccc1)NC(=O)[C@@H](NC(=O)OC)C(C)(C)C)Nc1ccc(-c2nnn[nH]2)cc1. The fourth-order valence-electron chi connectivity index (χ4n) is 5.19. The van der Waals surface area contributed by atoms with E-state index >= 15 is 0 Å². The van der Waals surface area contributed by atoms with Crippen molar-refractivity contribution in [1.29, 1.82) is 0 Å². The van der Waals surface area contributed by atoms with E-state index in [0.717, 1.165) is 11.1 Å². The van der Waals surface area contributed by atoms with E-state index in [9.17, 15) is 24.3 Å². The lowest BCUT2D eigenvalue weighted by molar-refractivity contribution is -0.127. The van der Waals surface area contributed by atoms with Gasteiger partial charge in [-0.2, -0.15) is 0 Å². The van der Waals surface area contributed by atoms with E-state index in [1.54, 1.807) is 45.0 Å². The van der Waals surface area contributed by atoms with Gasteiger partial charge in [-0.15, -0.1) is 5.10 Å². The first-order valence-electron chi connectivity index (χ1n) is 16.4. The number of aromatic nitrogens is 4. The van der Waals surface area contributed by atoms with E-state index in [2.05, 4.69) is 47.2 Å². The number of alkyl carbamates (subject to hydrolysis) is 2. The molecule has 6 atom stereocenters. The van der Waals surface area contributed by atoms with Crippen LogP contribution in [0.25, 0.3) is 11.4 Å². The number of tetrazole rings is 1. The van der Waals surface area contributed by atoms with Gasteiger partial charge in [0.15, 0.2) is 5.82 Å². The van der Waals surface area contributed by atoms with Gasteiger partial charge in [0, 0.05) is 17.7 Å². The molecule has 16 nitrogen and oxygen atoms in total. The molecule has 1 aromatic heterocycles. The monoisotopic (exact) mass is 695 g/mol. The molecule has 0 aliphatic carbocycles. The van der Waals surface area contributed by atoms with Crippen LogP contribution >= 0.6 is 0 Å². The molecule has 0 aliphatic rings. The van der Waals surface area contributed by atoms with Crippen LogP contribution in [0.1, 0.15) is 53.0 Å². The predicted molar refractivity (Wildman–Crippen MR) is 185 cm³/mol. The number of benzene rings is 2. The number of aliphatic hydroxyl groups is 1. The van der Waals surface area contributed by atoms with Crippen molar-refractivity contribution in [3.63, 3.8) is 0 Å². The van der Waals surface area contributed by atoms with E-state index in [1.165, 1.54) is 14.2 Å². The molecule has 1 unspecified atom stereocenters. The highest BCUT2D eigenvalue weighted by molar-refractivity contribution is 5.87. The van der Waals surface area contributed by atoms with Crippen LogP contribution < -0.4 is 26.6 Å². The normalized spacial score (nSPS) is 14.9. The van der Waals surface area contributed by atoms with Crippen molar-refractivity contribution in [3.8, 4) is 11.4 Å². The van der Waals surface area contributed by atoms with Gasteiger partial charge >= 0.3 is 12.2 Å². The molecule has 2 aromatic carbocycles. The smallest absolute Gasteiger partial charge is 0.407 e. The summed E-state index contributed by atoms with van der Waals surface area (Å²) in [5.74, 6) is -0.807. The number of hydrogen-bond acceptors (Lipinski definition) is 11. The summed E-state index contributed by atoms with van der Waals surface area (Å²) < 4.78 is 9.51. The van der Waals surface area contributed by atoms with Crippen molar-refractivity contribution in [2.24, 2.45) is 11.3 Å². The molecule has 0 saturated heterocycles. The Bertz CT molecular complexity index is 1520.